The zero-order chi connectivity index (χ0) is 15.6. The maximum Gasteiger partial charge on any atom is 0.244 e. The molecule has 0 saturated carbocycles. The minimum absolute atomic E-state index is 0.00701. The van der Waals surface area contributed by atoms with Crippen molar-refractivity contribution in [2.75, 3.05) is 12.8 Å². The van der Waals surface area contributed by atoms with E-state index < -0.39 is 10.0 Å². The Morgan fingerprint density at radius 2 is 1.86 bits per heavy atom. The van der Waals surface area contributed by atoms with Gasteiger partial charge in [0.25, 0.3) is 0 Å². The summed E-state index contributed by atoms with van der Waals surface area (Å²) < 4.78 is 26.6. The fourth-order valence-corrected chi connectivity index (χ4v) is 3.79. The van der Waals surface area contributed by atoms with Crippen LogP contribution in [0.3, 0.4) is 0 Å². The maximum absolute atomic E-state index is 12.7. The van der Waals surface area contributed by atoms with Crippen molar-refractivity contribution in [3.63, 3.8) is 0 Å². The molecule has 0 fully saturated rings. The molecule has 112 valence electrons. The number of sulfonamides is 1. The summed E-state index contributed by atoms with van der Waals surface area (Å²) in [4.78, 5) is 3.93. The van der Waals surface area contributed by atoms with Gasteiger partial charge >= 0.3 is 0 Å². The molecule has 0 spiro atoms. The molecule has 5 nitrogen and oxygen atoms in total. The van der Waals surface area contributed by atoms with Crippen LogP contribution in [0.25, 0.3) is 0 Å². The quantitative estimate of drug-likeness (QED) is 0.877. The van der Waals surface area contributed by atoms with E-state index in [0.717, 1.165) is 5.56 Å². The highest BCUT2D eigenvalue weighted by molar-refractivity contribution is 7.89. The molecule has 1 aromatic carbocycles. The number of halogens is 1. The number of rotatable bonds is 4. The van der Waals surface area contributed by atoms with Crippen LogP contribution in [0.1, 0.15) is 18.5 Å². The lowest BCUT2D eigenvalue weighted by molar-refractivity contribution is 0.398. The third-order valence-corrected chi connectivity index (χ3v) is 5.76. The van der Waals surface area contributed by atoms with Crippen molar-refractivity contribution in [1.29, 1.82) is 0 Å². The van der Waals surface area contributed by atoms with Crippen molar-refractivity contribution < 1.29 is 8.42 Å². The maximum atomic E-state index is 12.7. The monoisotopic (exact) mass is 325 g/mol. The predicted molar refractivity (Wildman–Crippen MR) is 83.5 cm³/mol. The topological polar surface area (TPSA) is 76.3 Å². The molecule has 21 heavy (non-hydrogen) atoms. The van der Waals surface area contributed by atoms with Gasteiger partial charge in [0, 0.05) is 31.2 Å². The van der Waals surface area contributed by atoms with Crippen molar-refractivity contribution in [2.45, 2.75) is 17.9 Å². The Kier molecular flexibility index (Phi) is 4.51. The molecule has 1 heterocycles. The molecule has 0 saturated heterocycles. The molecule has 1 unspecified atom stereocenters. The second-order valence-electron chi connectivity index (χ2n) is 4.67. The van der Waals surface area contributed by atoms with E-state index in [1.165, 1.54) is 23.5 Å². The van der Waals surface area contributed by atoms with E-state index in [1.807, 2.05) is 0 Å². The van der Waals surface area contributed by atoms with Crippen molar-refractivity contribution in [3.05, 3.63) is 53.3 Å². The number of nitrogen functional groups attached to an aromatic ring is 1. The van der Waals surface area contributed by atoms with Crippen molar-refractivity contribution >= 4 is 27.3 Å². The van der Waals surface area contributed by atoms with Crippen molar-refractivity contribution in [1.82, 2.24) is 9.29 Å². The van der Waals surface area contributed by atoms with Crippen LogP contribution < -0.4 is 5.73 Å². The molecule has 0 aliphatic rings. The van der Waals surface area contributed by atoms with E-state index in [2.05, 4.69) is 4.98 Å². The van der Waals surface area contributed by atoms with Gasteiger partial charge < -0.3 is 5.73 Å². The molecule has 0 amide bonds. The Hall–Kier alpha value is -1.63. The van der Waals surface area contributed by atoms with Gasteiger partial charge in [-0.25, -0.2) is 8.42 Å². The van der Waals surface area contributed by atoms with Gasteiger partial charge in [-0.2, -0.15) is 4.31 Å². The first-order valence-corrected chi connectivity index (χ1v) is 8.09. The molecule has 7 heteroatoms. The van der Waals surface area contributed by atoms with Gasteiger partial charge in [-0.3, -0.25) is 4.98 Å². The molecule has 2 rings (SSSR count). The zero-order valence-corrected chi connectivity index (χ0v) is 13.3. The average Bonchev–Trinajstić information content (AvgIpc) is 2.49. The number of aromatic nitrogens is 1. The van der Waals surface area contributed by atoms with E-state index in [-0.39, 0.29) is 16.0 Å². The van der Waals surface area contributed by atoms with Gasteiger partial charge in [-0.1, -0.05) is 11.6 Å². The number of nitrogens with two attached hydrogens (primary N) is 1. The number of anilines is 1. The number of pyridine rings is 1. The van der Waals surface area contributed by atoms with Crippen LogP contribution >= 0.6 is 11.6 Å². The Morgan fingerprint density at radius 1 is 1.24 bits per heavy atom. The third kappa shape index (κ3) is 3.18. The molecule has 0 radical (unpaired) electrons. The van der Waals surface area contributed by atoms with Gasteiger partial charge in [-0.05, 0) is 42.8 Å². The van der Waals surface area contributed by atoms with Gasteiger partial charge in [-0.15, -0.1) is 0 Å². The predicted octanol–water partition coefficient (Wildman–Crippen LogP) is 2.70. The van der Waals surface area contributed by atoms with Crippen LogP contribution in [0.4, 0.5) is 5.69 Å². The Bertz CT molecular complexity index is 735. The summed E-state index contributed by atoms with van der Waals surface area (Å²) >= 11 is 6.00. The standard InChI is InChI=1S/C14H16ClN3O2S/c1-10(11-5-7-17-8-6-11)18(2)21(19,20)14-9-12(16)3-4-13(14)15/h3-10H,16H2,1-2H3. The lowest BCUT2D eigenvalue weighted by Gasteiger charge is -2.25. The average molecular weight is 326 g/mol. The number of hydrogen-bond acceptors (Lipinski definition) is 4. The summed E-state index contributed by atoms with van der Waals surface area (Å²) in [5.74, 6) is 0. The first-order valence-electron chi connectivity index (χ1n) is 6.27. The molecular formula is C14H16ClN3O2S. The van der Waals surface area contributed by atoms with Crippen LogP contribution in [-0.4, -0.2) is 24.8 Å². The molecule has 1 aromatic heterocycles. The molecular weight excluding hydrogens is 310 g/mol. The Labute approximate surface area is 129 Å². The molecule has 0 aliphatic heterocycles. The van der Waals surface area contributed by atoms with Gasteiger partial charge in [0.1, 0.15) is 4.90 Å². The highest BCUT2D eigenvalue weighted by atomic mass is 35.5. The van der Waals surface area contributed by atoms with Crippen LogP contribution in [0, 0.1) is 0 Å². The molecule has 1 atom stereocenters. The summed E-state index contributed by atoms with van der Waals surface area (Å²) in [5.41, 5.74) is 6.86. The van der Waals surface area contributed by atoms with Crippen LogP contribution in [0.2, 0.25) is 5.02 Å². The van der Waals surface area contributed by atoms with E-state index in [0.29, 0.717) is 5.69 Å². The third-order valence-electron chi connectivity index (χ3n) is 3.35. The van der Waals surface area contributed by atoms with E-state index >= 15 is 0 Å². The fourth-order valence-electron chi connectivity index (χ4n) is 1.93. The Balaban J connectivity index is 2.41. The Morgan fingerprint density at radius 3 is 2.48 bits per heavy atom. The summed E-state index contributed by atoms with van der Waals surface area (Å²) in [6.45, 7) is 1.80. The summed E-state index contributed by atoms with van der Waals surface area (Å²) in [7, 11) is -2.22. The van der Waals surface area contributed by atoms with Crippen LogP contribution in [0.5, 0.6) is 0 Å². The van der Waals surface area contributed by atoms with E-state index in [9.17, 15) is 8.42 Å². The fraction of sp³-hybridized carbons (Fsp3) is 0.214. The lowest BCUT2D eigenvalue weighted by atomic mass is 10.1. The van der Waals surface area contributed by atoms with Crippen molar-refractivity contribution in [3.8, 4) is 0 Å². The molecule has 0 aliphatic carbocycles. The van der Waals surface area contributed by atoms with E-state index in [4.69, 9.17) is 17.3 Å². The molecule has 2 N–H and O–H groups in total. The first kappa shape index (κ1) is 15.8. The smallest absolute Gasteiger partial charge is 0.244 e. The highest BCUT2D eigenvalue weighted by Crippen LogP contribution is 2.30. The highest BCUT2D eigenvalue weighted by Gasteiger charge is 2.28. The van der Waals surface area contributed by atoms with Gasteiger partial charge in [0.2, 0.25) is 10.0 Å². The van der Waals surface area contributed by atoms with Crippen molar-refractivity contribution in [2.24, 2.45) is 0 Å². The lowest BCUT2D eigenvalue weighted by Crippen LogP contribution is -2.30. The normalized spacial score (nSPS) is 13.3. The van der Waals surface area contributed by atoms with E-state index in [1.54, 1.807) is 37.5 Å². The van der Waals surface area contributed by atoms with Gasteiger partial charge in [0.15, 0.2) is 0 Å². The zero-order valence-electron chi connectivity index (χ0n) is 11.7. The molecule has 2 aromatic rings. The minimum Gasteiger partial charge on any atom is -0.399 e. The van der Waals surface area contributed by atoms with Crippen LogP contribution in [-0.2, 0) is 10.0 Å². The number of hydrogen-bond donors (Lipinski definition) is 1. The second-order valence-corrected chi connectivity index (χ2v) is 7.04. The van der Waals surface area contributed by atoms with Crippen LogP contribution in [0.15, 0.2) is 47.6 Å². The van der Waals surface area contributed by atoms with Gasteiger partial charge in [0.05, 0.1) is 5.02 Å². The first-order chi connectivity index (χ1) is 9.84. The summed E-state index contributed by atoms with van der Waals surface area (Å²) in [6.07, 6.45) is 3.25. The second kappa shape index (κ2) is 6.01. The largest absolute Gasteiger partial charge is 0.399 e. The number of nitrogens with zero attached hydrogens (tertiary/aromatic N) is 2. The minimum atomic E-state index is -3.74. The molecule has 0 bridgehead atoms. The summed E-state index contributed by atoms with van der Waals surface area (Å²) in [6, 6.07) is 7.61. The SMILES string of the molecule is CC(c1ccncc1)N(C)S(=O)(=O)c1cc(N)ccc1Cl. The summed E-state index contributed by atoms with van der Waals surface area (Å²) in [5, 5.41) is 0.151. The number of benzene rings is 1.